The first-order valence-electron chi connectivity index (χ1n) is 4.79. The average molecular weight is 273 g/mol. The zero-order valence-corrected chi connectivity index (χ0v) is 10.1. The molecule has 0 aliphatic carbocycles. The van der Waals surface area contributed by atoms with Crippen LogP contribution in [0.3, 0.4) is 0 Å². The maximum absolute atomic E-state index is 10.6. The molecule has 0 bridgehead atoms. The van der Waals surface area contributed by atoms with Gasteiger partial charge in [-0.15, -0.1) is 0 Å². The number of ether oxygens (including phenoxy) is 1. The summed E-state index contributed by atoms with van der Waals surface area (Å²) < 4.78 is 6.08. The van der Waals surface area contributed by atoms with Gasteiger partial charge in [-0.2, -0.15) is 0 Å². The number of hydrogen-bond acceptors (Lipinski definition) is 3. The van der Waals surface area contributed by atoms with Gasteiger partial charge >= 0.3 is 0 Å². The fourth-order valence-corrected chi connectivity index (χ4v) is 1.58. The van der Waals surface area contributed by atoms with Gasteiger partial charge in [-0.25, -0.2) is 0 Å². The number of carbonyl (C=O) groups is 1. The van der Waals surface area contributed by atoms with Crippen molar-refractivity contribution in [3.63, 3.8) is 0 Å². The van der Waals surface area contributed by atoms with Crippen LogP contribution in [-0.4, -0.2) is 18.0 Å². The average Bonchev–Trinajstić information content (AvgIpc) is 2.23. The summed E-state index contributed by atoms with van der Waals surface area (Å²) in [6, 6.07) is 3.20. The molecule has 15 heavy (non-hydrogen) atoms. The summed E-state index contributed by atoms with van der Waals surface area (Å²) in [5.74, 6) is 0.254. The quantitative estimate of drug-likeness (QED) is 0.662. The van der Waals surface area contributed by atoms with E-state index in [0.717, 1.165) is 12.8 Å². The molecule has 1 rings (SSSR count). The van der Waals surface area contributed by atoms with Crippen molar-refractivity contribution in [1.82, 2.24) is 0 Å². The van der Waals surface area contributed by atoms with Crippen molar-refractivity contribution in [2.24, 2.45) is 0 Å². The molecule has 0 saturated carbocycles. The Morgan fingerprint density at radius 1 is 1.53 bits per heavy atom. The minimum absolute atomic E-state index is 0.0932. The van der Waals surface area contributed by atoms with Crippen molar-refractivity contribution in [2.45, 2.75) is 19.8 Å². The van der Waals surface area contributed by atoms with Crippen LogP contribution in [0, 0.1) is 0 Å². The summed E-state index contributed by atoms with van der Waals surface area (Å²) in [5, 5.41) is 9.64. The topological polar surface area (TPSA) is 46.5 Å². The summed E-state index contributed by atoms with van der Waals surface area (Å²) in [6.07, 6.45) is 2.55. The Morgan fingerprint density at radius 2 is 2.27 bits per heavy atom. The Kier molecular flexibility index (Phi) is 4.62. The Labute approximate surface area is 97.2 Å². The van der Waals surface area contributed by atoms with Crippen LogP contribution in [0.25, 0.3) is 0 Å². The molecule has 0 aromatic heterocycles. The third-order valence-electron chi connectivity index (χ3n) is 1.95. The normalized spacial score (nSPS) is 10.0. The van der Waals surface area contributed by atoms with E-state index in [0.29, 0.717) is 23.1 Å². The van der Waals surface area contributed by atoms with Gasteiger partial charge in [0.2, 0.25) is 0 Å². The molecule has 4 heteroatoms. The van der Waals surface area contributed by atoms with E-state index in [2.05, 4.69) is 22.9 Å². The first-order valence-corrected chi connectivity index (χ1v) is 5.58. The highest BCUT2D eigenvalue weighted by Crippen LogP contribution is 2.32. The van der Waals surface area contributed by atoms with Gasteiger partial charge in [0.1, 0.15) is 0 Å². The van der Waals surface area contributed by atoms with Crippen LogP contribution in [-0.2, 0) is 0 Å². The zero-order valence-electron chi connectivity index (χ0n) is 8.50. The molecule has 0 aliphatic rings. The fraction of sp³-hybridized carbons (Fsp3) is 0.364. The highest BCUT2D eigenvalue weighted by atomic mass is 79.9. The SMILES string of the molecule is CCCCOc1cc(Br)cc(C=O)c1O. The molecule has 0 atom stereocenters. The summed E-state index contributed by atoms with van der Waals surface area (Å²) in [4.78, 5) is 10.6. The van der Waals surface area contributed by atoms with Crippen molar-refractivity contribution in [2.75, 3.05) is 6.61 Å². The van der Waals surface area contributed by atoms with E-state index in [9.17, 15) is 9.90 Å². The van der Waals surface area contributed by atoms with E-state index < -0.39 is 0 Å². The number of unbranched alkanes of at least 4 members (excludes halogenated alkanes) is 1. The van der Waals surface area contributed by atoms with Crippen molar-refractivity contribution in [3.05, 3.63) is 22.2 Å². The number of rotatable bonds is 5. The molecule has 0 radical (unpaired) electrons. The van der Waals surface area contributed by atoms with E-state index in [1.807, 2.05) is 0 Å². The number of hydrogen-bond donors (Lipinski definition) is 1. The molecule has 82 valence electrons. The minimum atomic E-state index is -0.0932. The van der Waals surface area contributed by atoms with E-state index >= 15 is 0 Å². The Balaban J connectivity index is 2.86. The highest BCUT2D eigenvalue weighted by Gasteiger charge is 2.09. The van der Waals surface area contributed by atoms with Crippen LogP contribution < -0.4 is 4.74 Å². The van der Waals surface area contributed by atoms with Gasteiger partial charge in [-0.1, -0.05) is 29.3 Å². The number of halogens is 1. The zero-order chi connectivity index (χ0) is 11.3. The van der Waals surface area contributed by atoms with Crippen molar-refractivity contribution < 1.29 is 14.6 Å². The van der Waals surface area contributed by atoms with Crippen LogP contribution in [0.1, 0.15) is 30.1 Å². The lowest BCUT2D eigenvalue weighted by atomic mass is 10.2. The molecule has 1 N–H and O–H groups in total. The molecular weight excluding hydrogens is 260 g/mol. The number of phenols is 1. The summed E-state index contributed by atoms with van der Waals surface area (Å²) in [6.45, 7) is 2.60. The number of aldehydes is 1. The largest absolute Gasteiger partial charge is 0.504 e. The van der Waals surface area contributed by atoms with E-state index in [-0.39, 0.29) is 11.3 Å². The molecule has 0 unspecified atom stereocenters. The first kappa shape index (κ1) is 12.0. The van der Waals surface area contributed by atoms with Gasteiger partial charge in [0.05, 0.1) is 12.2 Å². The van der Waals surface area contributed by atoms with Crippen LogP contribution in [0.5, 0.6) is 11.5 Å². The minimum Gasteiger partial charge on any atom is -0.504 e. The lowest BCUT2D eigenvalue weighted by molar-refractivity contribution is 0.112. The number of carbonyl (C=O) groups excluding carboxylic acids is 1. The molecule has 0 saturated heterocycles. The lowest BCUT2D eigenvalue weighted by Gasteiger charge is -2.09. The Bertz CT molecular complexity index is 350. The number of aromatic hydroxyl groups is 1. The maximum Gasteiger partial charge on any atom is 0.168 e. The molecule has 1 aromatic rings. The Morgan fingerprint density at radius 3 is 2.87 bits per heavy atom. The van der Waals surface area contributed by atoms with Crippen molar-refractivity contribution in [1.29, 1.82) is 0 Å². The Hall–Kier alpha value is -1.03. The summed E-state index contributed by atoms with van der Waals surface area (Å²) in [7, 11) is 0. The molecule has 0 spiro atoms. The standard InChI is InChI=1S/C11H13BrO3/c1-2-3-4-15-10-6-9(12)5-8(7-13)11(10)14/h5-7,14H,2-4H2,1H3. The third kappa shape index (κ3) is 3.23. The van der Waals surface area contributed by atoms with Crippen LogP contribution >= 0.6 is 15.9 Å². The second kappa shape index (κ2) is 5.75. The van der Waals surface area contributed by atoms with Crippen molar-refractivity contribution >= 4 is 22.2 Å². The molecular formula is C11H13BrO3. The predicted octanol–water partition coefficient (Wildman–Crippen LogP) is 3.15. The fourth-order valence-electron chi connectivity index (χ4n) is 1.12. The van der Waals surface area contributed by atoms with Gasteiger partial charge in [0.25, 0.3) is 0 Å². The second-order valence-electron chi connectivity index (χ2n) is 3.16. The number of phenolic OH excluding ortho intramolecular Hbond substituents is 1. The van der Waals surface area contributed by atoms with Crippen LogP contribution in [0.4, 0.5) is 0 Å². The summed E-state index contributed by atoms with van der Waals surface area (Å²) in [5.41, 5.74) is 0.232. The molecule has 0 amide bonds. The van der Waals surface area contributed by atoms with E-state index in [4.69, 9.17) is 4.74 Å². The van der Waals surface area contributed by atoms with Gasteiger partial charge in [-0.3, -0.25) is 4.79 Å². The molecule has 0 aliphatic heterocycles. The van der Waals surface area contributed by atoms with Gasteiger partial charge < -0.3 is 9.84 Å². The second-order valence-corrected chi connectivity index (χ2v) is 4.08. The highest BCUT2D eigenvalue weighted by molar-refractivity contribution is 9.10. The molecule has 3 nitrogen and oxygen atoms in total. The molecule has 0 heterocycles. The van der Waals surface area contributed by atoms with Gasteiger partial charge in [-0.05, 0) is 18.6 Å². The van der Waals surface area contributed by atoms with Crippen LogP contribution in [0.2, 0.25) is 0 Å². The first-order chi connectivity index (χ1) is 7.19. The van der Waals surface area contributed by atoms with Crippen LogP contribution in [0.15, 0.2) is 16.6 Å². The van der Waals surface area contributed by atoms with Gasteiger partial charge in [0.15, 0.2) is 17.8 Å². The van der Waals surface area contributed by atoms with Crippen molar-refractivity contribution in [3.8, 4) is 11.5 Å². The van der Waals surface area contributed by atoms with Gasteiger partial charge in [0, 0.05) is 4.47 Å². The number of benzene rings is 1. The molecule has 1 aromatic carbocycles. The third-order valence-corrected chi connectivity index (χ3v) is 2.41. The summed E-state index contributed by atoms with van der Waals surface area (Å²) >= 11 is 3.25. The predicted molar refractivity (Wildman–Crippen MR) is 61.6 cm³/mol. The molecule has 0 fully saturated rings. The van der Waals surface area contributed by atoms with E-state index in [1.54, 1.807) is 12.1 Å². The van der Waals surface area contributed by atoms with E-state index in [1.165, 1.54) is 0 Å². The lowest BCUT2D eigenvalue weighted by Crippen LogP contribution is -1.98. The maximum atomic E-state index is 10.6. The smallest absolute Gasteiger partial charge is 0.168 e. The monoisotopic (exact) mass is 272 g/mol.